The second kappa shape index (κ2) is 10.4. The Bertz CT molecular complexity index is 1520. The normalized spacial score (nSPS) is 39.4. The topological polar surface area (TPSA) is 119 Å². The third-order valence-corrected chi connectivity index (χ3v) is 12.4. The van der Waals surface area contributed by atoms with Crippen molar-refractivity contribution in [1.82, 2.24) is 0 Å². The van der Waals surface area contributed by atoms with Gasteiger partial charge in [-0.1, -0.05) is 55.8 Å². The van der Waals surface area contributed by atoms with Crippen molar-refractivity contribution >= 4 is 29.0 Å². The summed E-state index contributed by atoms with van der Waals surface area (Å²) in [6, 6.07) is 15.9. The van der Waals surface area contributed by atoms with Gasteiger partial charge in [0.2, 0.25) is 0 Å². The number of allylic oxidation sites excluding steroid dienone is 4. The Labute approximate surface area is 256 Å². The summed E-state index contributed by atoms with van der Waals surface area (Å²) in [6.45, 7) is 3.55. The van der Waals surface area contributed by atoms with E-state index in [0.717, 1.165) is 45.9 Å². The van der Waals surface area contributed by atoms with Crippen molar-refractivity contribution in [2.45, 2.75) is 74.3 Å². The zero-order chi connectivity index (χ0) is 30.1. The molecule has 2 aromatic rings. The molecule has 5 aliphatic rings. The molecule has 4 N–H and O–H groups in total. The number of ketones is 2. The van der Waals surface area contributed by atoms with E-state index in [2.05, 4.69) is 13.8 Å². The third-order valence-electron chi connectivity index (χ3n) is 11.3. The van der Waals surface area contributed by atoms with E-state index in [9.17, 15) is 19.8 Å². The van der Waals surface area contributed by atoms with Gasteiger partial charge >= 0.3 is 0 Å². The number of fused-ring (bicyclic) bond motifs is 7. The van der Waals surface area contributed by atoms with Crippen LogP contribution in [0.15, 0.2) is 77.2 Å². The summed E-state index contributed by atoms with van der Waals surface area (Å²) in [7, 11) is 0. The molecular weight excluding hydrogens is 562 g/mol. The second-order valence-electron chi connectivity index (χ2n) is 13.4. The van der Waals surface area contributed by atoms with Crippen LogP contribution in [0.2, 0.25) is 0 Å². The van der Waals surface area contributed by atoms with Gasteiger partial charge in [-0.2, -0.15) is 0 Å². The molecule has 43 heavy (non-hydrogen) atoms. The molecule has 9 atom stereocenters. The van der Waals surface area contributed by atoms with Crippen molar-refractivity contribution in [2.24, 2.45) is 28.6 Å². The van der Waals surface area contributed by atoms with Crippen LogP contribution in [0, 0.1) is 28.6 Å². The maximum absolute atomic E-state index is 13.7. The number of aliphatic hydroxyl groups excluding tert-OH is 2. The first-order valence-electron chi connectivity index (χ1n) is 15.3. The molecule has 4 fully saturated rings. The summed E-state index contributed by atoms with van der Waals surface area (Å²) >= 11 is 1.71. The molecule has 2 aromatic carbocycles. The van der Waals surface area contributed by atoms with E-state index in [-0.39, 0.29) is 29.3 Å². The van der Waals surface area contributed by atoms with Gasteiger partial charge in [0.05, 0.1) is 12.2 Å². The zero-order valence-corrected chi connectivity index (χ0v) is 25.4. The van der Waals surface area contributed by atoms with Crippen molar-refractivity contribution in [3.63, 3.8) is 0 Å². The van der Waals surface area contributed by atoms with Gasteiger partial charge in [-0.05, 0) is 73.4 Å². The molecule has 0 aromatic heterocycles. The Balaban J connectivity index is 1.14. The number of Topliss-reactive ketones (excluding diaryl/α,β-unsaturated/α-hetero) is 1. The van der Waals surface area contributed by atoms with Crippen molar-refractivity contribution in [1.29, 1.82) is 0 Å². The summed E-state index contributed by atoms with van der Waals surface area (Å²) in [5.74, 6) is 0.541. The molecule has 0 radical (unpaired) electrons. The molecule has 1 saturated heterocycles. The molecule has 0 spiro atoms. The Morgan fingerprint density at radius 1 is 1.16 bits per heavy atom. The maximum atomic E-state index is 13.7. The smallest absolute Gasteiger partial charge is 0.193 e. The van der Waals surface area contributed by atoms with Gasteiger partial charge in [0.25, 0.3) is 0 Å². The molecule has 1 heterocycles. The number of carbonyl (C=O) groups is 2. The van der Waals surface area contributed by atoms with E-state index >= 15 is 0 Å². The lowest BCUT2D eigenvalue weighted by atomic mass is 9.46. The molecule has 1 aliphatic heterocycles. The average Bonchev–Trinajstić information content (AvgIpc) is 3.49. The van der Waals surface area contributed by atoms with Crippen molar-refractivity contribution < 1.29 is 29.3 Å². The lowest BCUT2D eigenvalue weighted by Gasteiger charge is -2.59. The molecule has 226 valence electrons. The second-order valence-corrected chi connectivity index (χ2v) is 14.5. The van der Waals surface area contributed by atoms with Crippen molar-refractivity contribution in [2.75, 3.05) is 12.3 Å². The van der Waals surface area contributed by atoms with Crippen LogP contribution in [0.1, 0.15) is 56.9 Å². The highest BCUT2D eigenvalue weighted by molar-refractivity contribution is 7.98. The molecule has 0 bridgehead atoms. The van der Waals surface area contributed by atoms with Gasteiger partial charge in [-0.3, -0.25) is 9.59 Å². The van der Waals surface area contributed by atoms with Crippen molar-refractivity contribution in [3.8, 4) is 0 Å². The fraction of sp³-hybridized carbons (Fsp3) is 0.486. The maximum Gasteiger partial charge on any atom is 0.193 e. The number of benzene rings is 2. The Morgan fingerprint density at radius 3 is 2.70 bits per heavy atom. The molecule has 3 saturated carbocycles. The van der Waals surface area contributed by atoms with E-state index in [4.69, 9.17) is 15.2 Å². The van der Waals surface area contributed by atoms with Crippen LogP contribution in [-0.4, -0.2) is 46.2 Å². The Morgan fingerprint density at radius 2 is 1.95 bits per heavy atom. The minimum absolute atomic E-state index is 0.00460. The highest BCUT2D eigenvalue weighted by atomic mass is 32.2. The molecule has 0 amide bonds. The third kappa shape index (κ3) is 4.32. The lowest BCUT2D eigenvalue weighted by Crippen LogP contribution is -2.63. The highest BCUT2D eigenvalue weighted by Crippen LogP contribution is 2.70. The van der Waals surface area contributed by atoms with Gasteiger partial charge < -0.3 is 25.4 Å². The number of nitrogens with two attached hydrogens (primary N) is 1. The number of rotatable bonds is 6. The minimum atomic E-state index is -1.35. The molecule has 8 heteroatoms. The quantitative estimate of drug-likeness (QED) is 0.307. The van der Waals surface area contributed by atoms with E-state index < -0.39 is 41.5 Å². The largest absolute Gasteiger partial charge is 0.399 e. The van der Waals surface area contributed by atoms with Gasteiger partial charge in [0, 0.05) is 38.6 Å². The highest BCUT2D eigenvalue weighted by Gasteiger charge is 2.75. The summed E-state index contributed by atoms with van der Waals surface area (Å²) in [4.78, 5) is 27.0. The monoisotopic (exact) mass is 601 g/mol. The number of nitrogen functional groups attached to an aromatic ring is 1. The number of anilines is 1. The van der Waals surface area contributed by atoms with E-state index in [1.807, 2.05) is 54.6 Å². The number of hydrogen-bond donors (Lipinski definition) is 3. The predicted octanol–water partition coefficient (Wildman–Crippen LogP) is 5.16. The first-order chi connectivity index (χ1) is 20.6. The van der Waals surface area contributed by atoms with Crippen molar-refractivity contribution in [3.05, 3.63) is 83.5 Å². The summed E-state index contributed by atoms with van der Waals surface area (Å²) in [6.07, 6.45) is 6.00. The molecule has 4 aliphatic carbocycles. The number of hydrogen-bond acceptors (Lipinski definition) is 8. The van der Waals surface area contributed by atoms with Crippen LogP contribution in [0.3, 0.4) is 0 Å². The average molecular weight is 602 g/mol. The zero-order valence-electron chi connectivity index (χ0n) is 24.6. The van der Waals surface area contributed by atoms with Gasteiger partial charge in [-0.25, -0.2) is 0 Å². The fourth-order valence-corrected chi connectivity index (χ4v) is 10.3. The molecule has 7 rings (SSSR count). The lowest BCUT2D eigenvalue weighted by molar-refractivity contribution is -0.201. The van der Waals surface area contributed by atoms with Crippen LogP contribution in [0.4, 0.5) is 5.69 Å². The number of aliphatic hydroxyl groups is 2. The SMILES string of the molecule is C[C@]12C=CC(=O)C=C1CC[C@@H]1[C@@H]2[C@@H](O)C[C@@]2(C)[C@H]1C[C@H]1O[C@@H](c3ccc(CSc4cccc(N)c4)cc3)O[C@]12C(=O)CO. The van der Waals surface area contributed by atoms with E-state index in [0.29, 0.717) is 12.8 Å². The number of carbonyl (C=O) groups excluding carboxylic acids is 2. The summed E-state index contributed by atoms with van der Waals surface area (Å²) in [5, 5.41) is 22.0. The Kier molecular flexibility index (Phi) is 7.02. The van der Waals surface area contributed by atoms with E-state index in [1.54, 1.807) is 23.9 Å². The number of ether oxygens (including phenoxy) is 2. The van der Waals surface area contributed by atoms with Crippen LogP contribution in [0.25, 0.3) is 0 Å². The summed E-state index contributed by atoms with van der Waals surface area (Å²) in [5.41, 5.74) is 7.24. The standard InChI is InChI=1S/C35H39NO6S/c1-33-13-12-24(38)14-22(33)10-11-26-27-16-30-35(29(40)18-37,34(27,2)17-28(39)31(26)33)42-32(41-30)21-8-6-20(7-9-21)19-43-25-5-3-4-23(36)15-25/h3-9,12-15,26-28,30-32,37,39H,10-11,16-19,36H2,1-2H3/t26-,27-,28-,30+,31+,32+,33-,34-,35+/m0/s1. The summed E-state index contributed by atoms with van der Waals surface area (Å²) < 4.78 is 13.3. The fourth-order valence-electron chi connectivity index (χ4n) is 9.38. The first kappa shape index (κ1) is 29.0. The molecular formula is C35H39NO6S. The first-order valence-corrected chi connectivity index (χ1v) is 16.2. The van der Waals surface area contributed by atoms with Crippen LogP contribution < -0.4 is 5.73 Å². The van der Waals surface area contributed by atoms with Gasteiger partial charge in [0.1, 0.15) is 6.61 Å². The predicted molar refractivity (Wildman–Crippen MR) is 164 cm³/mol. The number of thioether (sulfide) groups is 1. The van der Waals surface area contributed by atoms with Gasteiger partial charge in [-0.15, -0.1) is 11.8 Å². The van der Waals surface area contributed by atoms with Crippen LogP contribution >= 0.6 is 11.8 Å². The molecule has 7 nitrogen and oxygen atoms in total. The Hall–Kier alpha value is -2.75. The van der Waals surface area contributed by atoms with E-state index in [1.165, 1.54) is 0 Å². The minimum Gasteiger partial charge on any atom is -0.399 e. The molecule has 0 unspecified atom stereocenters. The van der Waals surface area contributed by atoms with Gasteiger partial charge in [0.15, 0.2) is 23.5 Å². The van der Waals surface area contributed by atoms with Crippen LogP contribution in [-0.2, 0) is 24.8 Å². The van der Waals surface area contributed by atoms with Crippen LogP contribution in [0.5, 0.6) is 0 Å².